The first-order chi connectivity index (χ1) is 30.8. The number of rotatable bonds is 13. The number of fused-ring (bicyclic) bond motifs is 2. The van der Waals surface area contributed by atoms with Crippen molar-refractivity contribution in [2.75, 3.05) is 25.5 Å². The quantitative estimate of drug-likeness (QED) is 0.0697. The average molecular weight is 870 g/mol. The van der Waals surface area contributed by atoms with E-state index in [2.05, 4.69) is 55.8 Å². The number of piperidine rings is 1. The number of pyridine rings is 1. The molecule has 64 heavy (non-hydrogen) atoms. The van der Waals surface area contributed by atoms with Gasteiger partial charge in [0.05, 0.1) is 29.5 Å². The number of nitrogens with zero attached hydrogens (tertiary/aromatic N) is 5. The molecule has 3 aromatic heterocycles. The summed E-state index contributed by atoms with van der Waals surface area (Å²) < 4.78 is 31.5. The molecule has 0 saturated carbocycles. The number of likely N-dealkylation sites (N-methyl/N-ethyl adjacent to an activating group) is 1. The zero-order valence-electron chi connectivity index (χ0n) is 36.2. The molecule has 330 valence electrons. The topological polar surface area (TPSA) is 174 Å². The van der Waals surface area contributed by atoms with Crippen LogP contribution in [0.4, 0.5) is 20.2 Å². The van der Waals surface area contributed by atoms with Crippen molar-refractivity contribution < 1.29 is 32.8 Å². The van der Waals surface area contributed by atoms with E-state index in [9.17, 15) is 32.8 Å². The number of aromatic nitrogens is 4. The maximum Gasteiger partial charge on any atom is 0.270 e. The highest BCUT2D eigenvalue weighted by Gasteiger charge is 2.31. The molecule has 0 radical (unpaired) electrons. The second kappa shape index (κ2) is 18.0. The third-order valence-corrected chi connectivity index (χ3v) is 12.3. The van der Waals surface area contributed by atoms with E-state index < -0.39 is 18.4 Å². The highest BCUT2D eigenvalue weighted by Crippen LogP contribution is 2.43. The van der Waals surface area contributed by atoms with E-state index in [1.807, 2.05) is 23.1 Å². The summed E-state index contributed by atoms with van der Waals surface area (Å²) in [6, 6.07) is 17.1. The van der Waals surface area contributed by atoms with E-state index in [-0.39, 0.29) is 54.4 Å². The molecule has 0 bridgehead atoms. The van der Waals surface area contributed by atoms with Crippen LogP contribution in [0, 0.1) is 0 Å². The summed E-state index contributed by atoms with van der Waals surface area (Å²) in [5.74, 6) is -1.25. The number of aryl methyl sites for hydroxylation is 2. The summed E-state index contributed by atoms with van der Waals surface area (Å²) in [5, 5.41) is 13.4. The molecule has 1 fully saturated rings. The van der Waals surface area contributed by atoms with Crippen LogP contribution in [0.25, 0.3) is 33.3 Å². The van der Waals surface area contributed by atoms with Gasteiger partial charge in [0.25, 0.3) is 18.2 Å². The number of H-pyrrole nitrogens is 1. The molecule has 6 aromatic rings. The van der Waals surface area contributed by atoms with Gasteiger partial charge in [0, 0.05) is 90.5 Å². The molecule has 4 N–H and O–H groups in total. The minimum absolute atomic E-state index is 0.0876. The Morgan fingerprint density at radius 1 is 1.02 bits per heavy atom. The van der Waals surface area contributed by atoms with Crippen molar-refractivity contribution in [1.82, 2.24) is 40.6 Å². The maximum atomic E-state index is 15.0. The van der Waals surface area contributed by atoms with E-state index in [4.69, 9.17) is 0 Å². The molecule has 0 spiro atoms. The molecule has 1 atom stereocenters. The monoisotopic (exact) mass is 869 g/mol. The van der Waals surface area contributed by atoms with Crippen LogP contribution in [0.2, 0.25) is 0 Å². The van der Waals surface area contributed by atoms with Gasteiger partial charge in [0.1, 0.15) is 12.0 Å². The zero-order valence-corrected chi connectivity index (χ0v) is 36.2. The number of amides is 4. The van der Waals surface area contributed by atoms with Crippen LogP contribution in [0.15, 0.2) is 73.1 Å². The fraction of sp³-hybridized carbons (Fsp3) is 0.312. The lowest BCUT2D eigenvalue weighted by molar-refractivity contribution is -0.137. The molecular weight excluding hydrogens is 821 g/mol. The van der Waals surface area contributed by atoms with Gasteiger partial charge in [-0.1, -0.05) is 38.1 Å². The molecule has 8 rings (SSSR count). The molecule has 1 unspecified atom stereocenters. The Morgan fingerprint density at radius 3 is 2.53 bits per heavy atom. The van der Waals surface area contributed by atoms with Crippen LogP contribution < -0.4 is 20.9 Å². The normalized spacial score (nSPS) is 15.2. The first kappa shape index (κ1) is 43.6. The molecule has 3 aromatic carbocycles. The van der Waals surface area contributed by atoms with Crippen molar-refractivity contribution in [2.45, 2.75) is 71.0 Å². The Hall–Kier alpha value is -7.07. The highest BCUT2D eigenvalue weighted by atomic mass is 19.3. The predicted octanol–water partition coefficient (Wildman–Crippen LogP) is 7.11. The van der Waals surface area contributed by atoms with Gasteiger partial charge in [-0.2, -0.15) is 5.10 Å². The Labute approximate surface area is 368 Å². The van der Waals surface area contributed by atoms with Crippen molar-refractivity contribution in [3.8, 4) is 22.4 Å². The predicted molar refractivity (Wildman–Crippen MR) is 239 cm³/mol. The summed E-state index contributed by atoms with van der Waals surface area (Å²) in [4.78, 5) is 74.2. The van der Waals surface area contributed by atoms with Gasteiger partial charge >= 0.3 is 0 Å². The van der Waals surface area contributed by atoms with Gasteiger partial charge in [-0.15, -0.1) is 0 Å². The number of hydrogen-bond donors (Lipinski definition) is 4. The first-order valence-electron chi connectivity index (χ1n) is 21.2. The fourth-order valence-electron chi connectivity index (χ4n) is 8.87. The number of carbonyl (C=O) groups is 5. The minimum atomic E-state index is -2.79. The van der Waals surface area contributed by atoms with Crippen LogP contribution in [-0.4, -0.2) is 81.2 Å². The number of halogens is 2. The molecule has 2 aliphatic rings. The summed E-state index contributed by atoms with van der Waals surface area (Å²) in [5.41, 5.74) is 8.56. The highest BCUT2D eigenvalue weighted by molar-refractivity contribution is 6.08. The number of alkyl halides is 2. The number of nitrogens with one attached hydrogen (secondary N) is 4. The van der Waals surface area contributed by atoms with Crippen LogP contribution in [-0.2, 0) is 36.1 Å². The van der Waals surface area contributed by atoms with Gasteiger partial charge in [-0.25, -0.2) is 8.78 Å². The maximum absolute atomic E-state index is 15.0. The lowest BCUT2D eigenvalue weighted by Gasteiger charge is -2.33. The number of benzene rings is 3. The minimum Gasteiger partial charge on any atom is -0.360 e. The molecule has 0 aliphatic carbocycles. The van der Waals surface area contributed by atoms with E-state index in [0.717, 1.165) is 40.4 Å². The van der Waals surface area contributed by atoms with Gasteiger partial charge < -0.3 is 20.5 Å². The molecular formula is C48H49F2N9O5. The Morgan fingerprint density at radius 2 is 1.83 bits per heavy atom. The summed E-state index contributed by atoms with van der Waals surface area (Å²) in [6.45, 7) is 5.10. The second-order valence-corrected chi connectivity index (χ2v) is 16.7. The number of anilines is 2. The summed E-state index contributed by atoms with van der Waals surface area (Å²) in [7, 11) is 5.09. The number of aldehydes is 1. The number of imide groups is 1. The van der Waals surface area contributed by atoms with Crippen LogP contribution in [0.3, 0.4) is 0 Å². The first-order valence-corrected chi connectivity index (χ1v) is 21.2. The molecule has 2 aliphatic heterocycles. The number of aromatic amines is 1. The van der Waals surface area contributed by atoms with Crippen LogP contribution in [0.5, 0.6) is 0 Å². The Bertz CT molecular complexity index is 2810. The average Bonchev–Trinajstić information content (AvgIpc) is 3.89. The van der Waals surface area contributed by atoms with Crippen molar-refractivity contribution in [2.24, 2.45) is 7.05 Å². The zero-order chi connectivity index (χ0) is 45.4. The SMILES string of the molecule is CNC(=O)c1c[nH]c2c(C(C)C)cc(N3CCCc4cc(-c5ccc(C(=O)NCc6cc(-c7cccc(C=O)c7CN(C)C7CCC(=O)NC7=O)nn6C)nc5)c(C(F)F)cc43)cc12. The molecule has 4 amide bonds. The Kier molecular flexibility index (Phi) is 12.2. The lowest BCUT2D eigenvalue weighted by Crippen LogP contribution is -2.51. The molecule has 16 heteroatoms. The van der Waals surface area contributed by atoms with Crippen molar-refractivity contribution in [1.29, 1.82) is 0 Å². The molecule has 5 heterocycles. The van der Waals surface area contributed by atoms with E-state index >= 15 is 0 Å². The summed E-state index contributed by atoms with van der Waals surface area (Å²) >= 11 is 0. The van der Waals surface area contributed by atoms with E-state index in [1.54, 1.807) is 62.4 Å². The fourth-order valence-corrected chi connectivity index (χ4v) is 8.87. The third-order valence-electron chi connectivity index (χ3n) is 12.3. The second-order valence-electron chi connectivity index (χ2n) is 16.7. The van der Waals surface area contributed by atoms with Crippen LogP contribution >= 0.6 is 0 Å². The molecule has 1 saturated heterocycles. The van der Waals surface area contributed by atoms with Crippen molar-refractivity contribution >= 4 is 52.2 Å². The lowest BCUT2D eigenvalue weighted by atomic mass is 9.91. The smallest absolute Gasteiger partial charge is 0.270 e. The molecule has 14 nitrogen and oxygen atoms in total. The van der Waals surface area contributed by atoms with Crippen LogP contribution in [0.1, 0.15) is 105 Å². The standard InChI is InChI=1S/C48H49F2N9O5/c1-26(2)33-17-30(18-35-37(46(62)51-3)23-53-44(33)35)59-15-7-9-27-16-34(36(45(49)50)20-42(27)59)28-11-12-39(52-21-28)47(63)54-22-31-19-40(56-58(31)5)32-10-6-8-29(25-60)38(32)24-57(4)41-13-14-43(61)55-48(41)64/h6,8,10-12,16-21,23,25-26,41,45,53H,7,9,13-15,22,24H2,1-5H3,(H,51,62)(H,54,63)(H,55,61,64). The third kappa shape index (κ3) is 8.40. The van der Waals surface area contributed by atoms with E-state index in [0.29, 0.717) is 69.8 Å². The summed E-state index contributed by atoms with van der Waals surface area (Å²) in [6.07, 6.45) is 3.17. The van der Waals surface area contributed by atoms with Gasteiger partial charge in [0.15, 0.2) is 0 Å². The largest absolute Gasteiger partial charge is 0.360 e. The van der Waals surface area contributed by atoms with Gasteiger partial charge in [0.2, 0.25) is 11.8 Å². The van der Waals surface area contributed by atoms with E-state index in [1.165, 1.54) is 12.3 Å². The number of hydrogen-bond acceptors (Lipinski definition) is 9. The van der Waals surface area contributed by atoms with Gasteiger partial charge in [-0.3, -0.25) is 43.9 Å². The van der Waals surface area contributed by atoms with Crippen molar-refractivity contribution in [3.63, 3.8) is 0 Å². The number of carbonyl (C=O) groups excluding carboxylic acids is 5. The van der Waals surface area contributed by atoms with Crippen molar-refractivity contribution in [3.05, 3.63) is 118 Å². The van der Waals surface area contributed by atoms with Gasteiger partial charge in [-0.05, 0) is 90.9 Å². The Balaban J connectivity index is 1.00.